The van der Waals surface area contributed by atoms with Gasteiger partial charge in [-0.3, -0.25) is 4.79 Å². The second kappa shape index (κ2) is 7.12. The molecule has 0 aromatic heterocycles. The summed E-state index contributed by atoms with van der Waals surface area (Å²) < 4.78 is 11.4. The molecule has 4 atom stereocenters. The van der Waals surface area contributed by atoms with Gasteiger partial charge in [0.1, 0.15) is 6.61 Å². The first-order chi connectivity index (χ1) is 7.97. The molecule has 0 amide bonds. The lowest BCUT2D eigenvalue weighted by molar-refractivity contribution is -0.125. The molecule has 0 aromatic rings. The molecule has 3 heteroatoms. The SMILES string of the molecule is CC(=O)COCC1CC(C)CC(C)CC(C)O1. The fourth-order valence-electron chi connectivity index (χ4n) is 2.78. The highest BCUT2D eigenvalue weighted by Crippen LogP contribution is 2.26. The lowest BCUT2D eigenvalue weighted by Crippen LogP contribution is -2.31. The van der Waals surface area contributed by atoms with Gasteiger partial charge in [0.05, 0.1) is 18.8 Å². The fourth-order valence-corrected chi connectivity index (χ4v) is 2.78. The summed E-state index contributed by atoms with van der Waals surface area (Å²) >= 11 is 0. The smallest absolute Gasteiger partial charge is 0.155 e. The number of hydrogen-bond donors (Lipinski definition) is 0. The normalized spacial score (nSPS) is 35.1. The summed E-state index contributed by atoms with van der Waals surface area (Å²) in [6.45, 7) is 8.99. The van der Waals surface area contributed by atoms with Crippen molar-refractivity contribution >= 4 is 5.78 Å². The molecular weight excluding hydrogens is 216 g/mol. The molecule has 1 aliphatic rings. The molecule has 0 aromatic carbocycles. The summed E-state index contributed by atoms with van der Waals surface area (Å²) in [4.78, 5) is 10.8. The average molecular weight is 242 g/mol. The number of hydrogen-bond acceptors (Lipinski definition) is 3. The molecule has 1 rings (SSSR count). The summed E-state index contributed by atoms with van der Waals surface area (Å²) in [6.07, 6.45) is 3.85. The van der Waals surface area contributed by atoms with E-state index < -0.39 is 0 Å². The molecule has 0 saturated carbocycles. The van der Waals surface area contributed by atoms with Gasteiger partial charge in [-0.1, -0.05) is 13.8 Å². The Hall–Kier alpha value is -0.410. The molecule has 0 radical (unpaired) electrons. The molecule has 1 heterocycles. The zero-order valence-electron chi connectivity index (χ0n) is 11.6. The van der Waals surface area contributed by atoms with Crippen LogP contribution in [0.1, 0.15) is 47.0 Å². The van der Waals surface area contributed by atoms with Crippen LogP contribution in [0.25, 0.3) is 0 Å². The van der Waals surface area contributed by atoms with Crippen LogP contribution in [0, 0.1) is 11.8 Å². The molecular formula is C14H26O3. The van der Waals surface area contributed by atoms with Gasteiger partial charge in [0.25, 0.3) is 0 Å². The van der Waals surface area contributed by atoms with E-state index in [-0.39, 0.29) is 18.5 Å². The third kappa shape index (κ3) is 6.18. The van der Waals surface area contributed by atoms with Gasteiger partial charge in [0.15, 0.2) is 5.78 Å². The predicted octanol–water partition coefficient (Wildman–Crippen LogP) is 2.82. The van der Waals surface area contributed by atoms with Crippen LogP contribution in [0.4, 0.5) is 0 Å². The molecule has 1 aliphatic heterocycles. The molecule has 100 valence electrons. The summed E-state index contributed by atoms with van der Waals surface area (Å²) in [7, 11) is 0. The van der Waals surface area contributed by atoms with E-state index in [2.05, 4.69) is 20.8 Å². The number of Topliss-reactive ketones (excluding diaryl/α,β-unsaturated/α-hetero) is 1. The molecule has 1 saturated heterocycles. The largest absolute Gasteiger partial charge is 0.373 e. The van der Waals surface area contributed by atoms with Gasteiger partial charge in [-0.2, -0.15) is 0 Å². The summed E-state index contributed by atoms with van der Waals surface area (Å²) in [5.74, 6) is 1.48. The van der Waals surface area contributed by atoms with Crippen molar-refractivity contribution in [3.63, 3.8) is 0 Å². The first-order valence-corrected chi connectivity index (χ1v) is 6.70. The maximum atomic E-state index is 10.8. The predicted molar refractivity (Wildman–Crippen MR) is 68.0 cm³/mol. The van der Waals surface area contributed by atoms with Crippen LogP contribution in [0.3, 0.4) is 0 Å². The lowest BCUT2D eigenvalue weighted by atomic mass is 9.88. The van der Waals surface area contributed by atoms with Crippen LogP contribution in [0.15, 0.2) is 0 Å². The Bertz CT molecular complexity index is 226. The molecule has 0 bridgehead atoms. The minimum Gasteiger partial charge on any atom is -0.373 e. The molecule has 1 fully saturated rings. The molecule has 0 aliphatic carbocycles. The maximum Gasteiger partial charge on any atom is 0.155 e. The first kappa shape index (κ1) is 14.7. The minimum absolute atomic E-state index is 0.0746. The number of ketones is 1. The zero-order chi connectivity index (χ0) is 12.8. The van der Waals surface area contributed by atoms with Gasteiger partial charge in [-0.15, -0.1) is 0 Å². The zero-order valence-corrected chi connectivity index (χ0v) is 11.6. The Balaban J connectivity index is 2.38. The van der Waals surface area contributed by atoms with Crippen molar-refractivity contribution in [3.05, 3.63) is 0 Å². The Kier molecular flexibility index (Phi) is 6.14. The highest BCUT2D eigenvalue weighted by atomic mass is 16.5. The Morgan fingerprint density at radius 1 is 1.18 bits per heavy atom. The Morgan fingerprint density at radius 3 is 2.47 bits per heavy atom. The van der Waals surface area contributed by atoms with Crippen LogP contribution >= 0.6 is 0 Å². The number of rotatable bonds is 4. The van der Waals surface area contributed by atoms with E-state index in [1.165, 1.54) is 6.42 Å². The summed E-state index contributed by atoms with van der Waals surface area (Å²) in [5.41, 5.74) is 0. The highest BCUT2D eigenvalue weighted by Gasteiger charge is 2.23. The van der Waals surface area contributed by atoms with Gasteiger partial charge in [0.2, 0.25) is 0 Å². The van der Waals surface area contributed by atoms with E-state index in [0.29, 0.717) is 18.6 Å². The van der Waals surface area contributed by atoms with Crippen LogP contribution in [0.2, 0.25) is 0 Å². The Morgan fingerprint density at radius 2 is 1.82 bits per heavy atom. The van der Waals surface area contributed by atoms with Crippen molar-refractivity contribution < 1.29 is 14.3 Å². The molecule has 3 nitrogen and oxygen atoms in total. The third-order valence-corrected chi connectivity index (χ3v) is 3.24. The molecule has 0 N–H and O–H groups in total. The molecule has 17 heavy (non-hydrogen) atoms. The third-order valence-electron chi connectivity index (χ3n) is 3.24. The number of carbonyl (C=O) groups excluding carboxylic acids is 1. The van der Waals surface area contributed by atoms with Crippen molar-refractivity contribution in [2.24, 2.45) is 11.8 Å². The van der Waals surface area contributed by atoms with Crippen molar-refractivity contribution in [2.75, 3.05) is 13.2 Å². The van der Waals surface area contributed by atoms with Crippen LogP contribution in [-0.4, -0.2) is 31.2 Å². The second-order valence-electron chi connectivity index (χ2n) is 5.70. The summed E-state index contributed by atoms with van der Waals surface area (Å²) in [5, 5.41) is 0. The lowest BCUT2D eigenvalue weighted by Gasteiger charge is -2.31. The topological polar surface area (TPSA) is 35.5 Å². The van der Waals surface area contributed by atoms with Gasteiger partial charge >= 0.3 is 0 Å². The minimum atomic E-state index is 0.0746. The van der Waals surface area contributed by atoms with E-state index in [9.17, 15) is 4.79 Å². The quantitative estimate of drug-likeness (QED) is 0.760. The van der Waals surface area contributed by atoms with Crippen molar-refractivity contribution in [1.29, 1.82) is 0 Å². The van der Waals surface area contributed by atoms with Crippen LogP contribution < -0.4 is 0 Å². The average Bonchev–Trinajstić information content (AvgIpc) is 2.13. The van der Waals surface area contributed by atoms with Crippen LogP contribution in [-0.2, 0) is 14.3 Å². The highest BCUT2D eigenvalue weighted by molar-refractivity contribution is 5.76. The van der Waals surface area contributed by atoms with Gasteiger partial charge in [-0.05, 0) is 44.9 Å². The molecule has 4 unspecified atom stereocenters. The van der Waals surface area contributed by atoms with Crippen molar-refractivity contribution in [2.45, 2.75) is 59.2 Å². The van der Waals surface area contributed by atoms with E-state index in [1.54, 1.807) is 6.92 Å². The monoisotopic (exact) mass is 242 g/mol. The van der Waals surface area contributed by atoms with Crippen molar-refractivity contribution in [3.8, 4) is 0 Å². The summed E-state index contributed by atoms with van der Waals surface area (Å²) in [6, 6.07) is 0. The van der Waals surface area contributed by atoms with Crippen molar-refractivity contribution in [1.82, 2.24) is 0 Å². The van der Waals surface area contributed by atoms with E-state index in [4.69, 9.17) is 9.47 Å². The maximum absolute atomic E-state index is 10.8. The van der Waals surface area contributed by atoms with Crippen LogP contribution in [0.5, 0.6) is 0 Å². The fraction of sp³-hybridized carbons (Fsp3) is 0.929. The second-order valence-corrected chi connectivity index (χ2v) is 5.70. The number of carbonyl (C=O) groups is 1. The standard InChI is InChI=1S/C14H26O3/c1-10-5-11(2)7-14(17-13(4)6-10)9-16-8-12(3)15/h10-11,13-14H,5-9H2,1-4H3. The molecule has 0 spiro atoms. The first-order valence-electron chi connectivity index (χ1n) is 6.70. The number of ether oxygens (including phenoxy) is 2. The van der Waals surface area contributed by atoms with Gasteiger partial charge in [-0.25, -0.2) is 0 Å². The Labute approximate surface area is 105 Å². The van der Waals surface area contributed by atoms with E-state index in [0.717, 1.165) is 18.8 Å². The van der Waals surface area contributed by atoms with Gasteiger partial charge < -0.3 is 9.47 Å². The van der Waals surface area contributed by atoms with Gasteiger partial charge in [0, 0.05) is 0 Å². The van der Waals surface area contributed by atoms with E-state index in [1.807, 2.05) is 0 Å². The van der Waals surface area contributed by atoms with E-state index >= 15 is 0 Å².